The van der Waals surface area contributed by atoms with Crippen LogP contribution in [0.15, 0.2) is 0 Å². The molecule has 1 N–H and O–H groups in total. The minimum atomic E-state index is -0.227. The van der Waals surface area contributed by atoms with Gasteiger partial charge in [0, 0.05) is 38.0 Å². The lowest BCUT2D eigenvalue weighted by molar-refractivity contribution is -0.127. The van der Waals surface area contributed by atoms with E-state index in [1.807, 2.05) is 20.8 Å². The molecular formula is C17H34N2O2. The molecule has 0 saturated carbocycles. The number of nitrogens with zero attached hydrogens (tertiary/aromatic N) is 1. The molecule has 0 aromatic heterocycles. The predicted octanol–water partition coefficient (Wildman–Crippen LogP) is 2.33. The molecule has 0 unspecified atom stereocenters. The molecule has 0 bridgehead atoms. The first-order chi connectivity index (χ1) is 9.79. The highest BCUT2D eigenvalue weighted by Crippen LogP contribution is 2.20. The summed E-state index contributed by atoms with van der Waals surface area (Å²) in [5.41, 5.74) is -0.227. The summed E-state index contributed by atoms with van der Waals surface area (Å²) >= 11 is 0. The largest absolute Gasteiger partial charge is 0.376 e. The van der Waals surface area contributed by atoms with Crippen molar-refractivity contribution < 1.29 is 9.53 Å². The van der Waals surface area contributed by atoms with Gasteiger partial charge in [-0.3, -0.25) is 9.69 Å². The molecule has 4 heteroatoms. The summed E-state index contributed by atoms with van der Waals surface area (Å²) in [7, 11) is 0. The van der Waals surface area contributed by atoms with Gasteiger partial charge in [-0.1, -0.05) is 34.6 Å². The Morgan fingerprint density at radius 2 is 2.10 bits per heavy atom. The third kappa shape index (κ3) is 7.93. The molecular weight excluding hydrogens is 264 g/mol. The van der Waals surface area contributed by atoms with E-state index in [0.29, 0.717) is 18.1 Å². The second-order valence-electron chi connectivity index (χ2n) is 7.60. The Bertz CT molecular complexity index is 310. The van der Waals surface area contributed by atoms with Crippen LogP contribution >= 0.6 is 0 Å². The number of hydrogen-bond donors (Lipinski definition) is 1. The van der Waals surface area contributed by atoms with Gasteiger partial charge in [0.05, 0.1) is 12.7 Å². The average molecular weight is 298 g/mol. The maximum Gasteiger partial charge on any atom is 0.138 e. The first kappa shape index (κ1) is 18.6. The van der Waals surface area contributed by atoms with E-state index in [4.69, 9.17) is 4.74 Å². The fraction of sp³-hybridized carbons (Fsp3) is 0.941. The van der Waals surface area contributed by atoms with Crippen LogP contribution in [0.4, 0.5) is 0 Å². The molecule has 1 fully saturated rings. The average Bonchev–Trinajstić information content (AvgIpc) is 2.40. The number of rotatable bonds is 8. The maximum absolute atomic E-state index is 12.0. The van der Waals surface area contributed by atoms with Gasteiger partial charge in [0.2, 0.25) is 0 Å². The number of morpholine rings is 1. The molecule has 1 aliphatic rings. The molecule has 0 radical (unpaired) electrons. The van der Waals surface area contributed by atoms with E-state index in [-0.39, 0.29) is 11.5 Å². The van der Waals surface area contributed by atoms with Crippen molar-refractivity contribution in [2.24, 2.45) is 11.3 Å². The number of hydrogen-bond acceptors (Lipinski definition) is 4. The fourth-order valence-electron chi connectivity index (χ4n) is 2.45. The zero-order chi connectivity index (χ0) is 15.9. The summed E-state index contributed by atoms with van der Waals surface area (Å²) in [4.78, 5) is 14.4. The Morgan fingerprint density at radius 1 is 1.38 bits per heavy atom. The molecule has 0 spiro atoms. The summed E-state index contributed by atoms with van der Waals surface area (Å²) in [6.07, 6.45) is 1.70. The molecule has 0 aromatic carbocycles. The van der Waals surface area contributed by atoms with E-state index in [1.165, 1.54) is 0 Å². The molecule has 1 heterocycles. The van der Waals surface area contributed by atoms with Crippen LogP contribution in [-0.2, 0) is 9.53 Å². The van der Waals surface area contributed by atoms with E-state index in [9.17, 15) is 4.79 Å². The molecule has 0 aromatic rings. The minimum absolute atomic E-state index is 0.218. The standard InChI is InChI=1S/C17H34N2O2/c1-14(2)12-18-8-9-19-10-11-21-15(13-19)6-7-16(20)17(3,4)5/h14-15,18H,6-13H2,1-5H3/t15-/m0/s1. The second kappa shape index (κ2) is 8.86. The van der Waals surface area contributed by atoms with Gasteiger partial charge in [-0.15, -0.1) is 0 Å². The zero-order valence-electron chi connectivity index (χ0n) is 14.6. The maximum atomic E-state index is 12.0. The van der Waals surface area contributed by atoms with Gasteiger partial charge in [0.25, 0.3) is 0 Å². The van der Waals surface area contributed by atoms with Gasteiger partial charge < -0.3 is 10.1 Å². The Morgan fingerprint density at radius 3 is 2.71 bits per heavy atom. The van der Waals surface area contributed by atoms with E-state index in [2.05, 4.69) is 24.1 Å². The number of carbonyl (C=O) groups is 1. The number of Topliss-reactive ketones (excluding diaryl/α,β-unsaturated/α-hetero) is 1. The highest BCUT2D eigenvalue weighted by molar-refractivity contribution is 5.83. The molecule has 124 valence electrons. The molecule has 1 aliphatic heterocycles. The Kier molecular flexibility index (Phi) is 7.85. The SMILES string of the molecule is CC(C)CNCCN1CCO[C@@H](CCC(=O)C(C)(C)C)C1. The lowest BCUT2D eigenvalue weighted by atomic mass is 9.87. The van der Waals surface area contributed by atoms with Crippen molar-refractivity contribution in [2.45, 2.75) is 53.6 Å². The summed E-state index contributed by atoms with van der Waals surface area (Å²) in [6, 6.07) is 0. The van der Waals surface area contributed by atoms with Crippen molar-refractivity contribution in [3.05, 3.63) is 0 Å². The molecule has 1 rings (SSSR count). The van der Waals surface area contributed by atoms with Gasteiger partial charge in [-0.05, 0) is 18.9 Å². The van der Waals surface area contributed by atoms with Crippen LogP contribution in [-0.4, -0.2) is 56.1 Å². The van der Waals surface area contributed by atoms with Gasteiger partial charge >= 0.3 is 0 Å². The van der Waals surface area contributed by atoms with Crippen molar-refractivity contribution in [2.75, 3.05) is 39.3 Å². The molecule has 4 nitrogen and oxygen atoms in total. The summed E-state index contributed by atoms with van der Waals surface area (Å²) in [5.74, 6) is 1.03. The van der Waals surface area contributed by atoms with Crippen molar-refractivity contribution in [3.8, 4) is 0 Å². The molecule has 1 saturated heterocycles. The highest BCUT2D eigenvalue weighted by atomic mass is 16.5. The van der Waals surface area contributed by atoms with Crippen LogP contribution in [0, 0.1) is 11.3 Å². The van der Waals surface area contributed by atoms with Crippen molar-refractivity contribution in [3.63, 3.8) is 0 Å². The van der Waals surface area contributed by atoms with Gasteiger partial charge in [0.1, 0.15) is 5.78 Å². The first-order valence-electron chi connectivity index (χ1n) is 8.37. The first-order valence-corrected chi connectivity index (χ1v) is 8.37. The third-order valence-electron chi connectivity index (χ3n) is 3.91. The monoisotopic (exact) mass is 298 g/mol. The molecule has 0 amide bonds. The Balaban J connectivity index is 2.21. The van der Waals surface area contributed by atoms with Crippen LogP contribution in [0.1, 0.15) is 47.5 Å². The van der Waals surface area contributed by atoms with Crippen LogP contribution in [0.5, 0.6) is 0 Å². The van der Waals surface area contributed by atoms with Crippen LogP contribution < -0.4 is 5.32 Å². The van der Waals surface area contributed by atoms with Crippen molar-refractivity contribution >= 4 is 5.78 Å². The minimum Gasteiger partial charge on any atom is -0.376 e. The van der Waals surface area contributed by atoms with Crippen molar-refractivity contribution in [1.29, 1.82) is 0 Å². The Hall–Kier alpha value is -0.450. The van der Waals surface area contributed by atoms with E-state index in [0.717, 1.165) is 45.8 Å². The van der Waals surface area contributed by atoms with Crippen molar-refractivity contribution in [1.82, 2.24) is 10.2 Å². The summed E-state index contributed by atoms with van der Waals surface area (Å²) < 4.78 is 5.80. The smallest absolute Gasteiger partial charge is 0.138 e. The molecule has 0 aliphatic carbocycles. The highest BCUT2D eigenvalue weighted by Gasteiger charge is 2.25. The predicted molar refractivity (Wildman–Crippen MR) is 87.6 cm³/mol. The number of ether oxygens (including phenoxy) is 1. The lowest BCUT2D eigenvalue weighted by Gasteiger charge is -2.33. The van der Waals surface area contributed by atoms with Crippen LogP contribution in [0.25, 0.3) is 0 Å². The number of carbonyl (C=O) groups excluding carboxylic acids is 1. The van der Waals surface area contributed by atoms with Gasteiger partial charge in [0.15, 0.2) is 0 Å². The molecule has 21 heavy (non-hydrogen) atoms. The summed E-state index contributed by atoms with van der Waals surface area (Å²) in [6.45, 7) is 16.4. The number of ketones is 1. The summed E-state index contributed by atoms with van der Waals surface area (Å²) in [5, 5.41) is 3.48. The Labute approximate surface area is 130 Å². The zero-order valence-corrected chi connectivity index (χ0v) is 14.6. The second-order valence-corrected chi connectivity index (χ2v) is 7.60. The lowest BCUT2D eigenvalue weighted by Crippen LogP contribution is -2.45. The number of nitrogens with one attached hydrogen (secondary N) is 1. The normalized spacial score (nSPS) is 21.0. The third-order valence-corrected chi connectivity index (χ3v) is 3.91. The van der Waals surface area contributed by atoms with Crippen LogP contribution in [0.2, 0.25) is 0 Å². The van der Waals surface area contributed by atoms with E-state index < -0.39 is 0 Å². The van der Waals surface area contributed by atoms with Gasteiger partial charge in [-0.25, -0.2) is 0 Å². The quantitative estimate of drug-likeness (QED) is 0.698. The van der Waals surface area contributed by atoms with Gasteiger partial charge in [-0.2, -0.15) is 0 Å². The topological polar surface area (TPSA) is 41.6 Å². The molecule has 1 atom stereocenters. The fourth-order valence-corrected chi connectivity index (χ4v) is 2.45. The van der Waals surface area contributed by atoms with E-state index in [1.54, 1.807) is 0 Å². The van der Waals surface area contributed by atoms with E-state index >= 15 is 0 Å². The van der Waals surface area contributed by atoms with Crippen LogP contribution in [0.3, 0.4) is 0 Å².